The minimum Gasteiger partial charge on any atom is -0.378 e. The third-order valence-electron chi connectivity index (χ3n) is 5.89. The maximum absolute atomic E-state index is 12.5. The summed E-state index contributed by atoms with van der Waals surface area (Å²) in [5.74, 6) is 0. The van der Waals surface area contributed by atoms with Gasteiger partial charge in [-0.3, -0.25) is 0 Å². The number of rotatable bonds is 4. The largest absolute Gasteiger partial charge is 0.378 e. The van der Waals surface area contributed by atoms with Gasteiger partial charge in [0.15, 0.2) is 0 Å². The van der Waals surface area contributed by atoms with Crippen LogP contribution in [0.1, 0.15) is 36.4 Å². The SMILES string of the molecule is CN(C)c1ccc(/C=C2\CCCC3=C2NC(=O)NC3c2ccc(N(C)C)cc2)cc1. The molecule has 0 radical (unpaired) electrons. The number of hydrogen-bond acceptors (Lipinski definition) is 3. The van der Waals surface area contributed by atoms with E-state index in [2.05, 4.69) is 75.0 Å². The van der Waals surface area contributed by atoms with E-state index < -0.39 is 0 Å². The summed E-state index contributed by atoms with van der Waals surface area (Å²) in [6, 6.07) is 16.8. The average Bonchev–Trinajstić information content (AvgIpc) is 2.74. The summed E-state index contributed by atoms with van der Waals surface area (Å²) in [5, 5.41) is 6.22. The molecule has 2 amide bonds. The second-order valence-corrected chi connectivity index (χ2v) is 8.43. The number of amides is 2. The van der Waals surface area contributed by atoms with Crippen LogP contribution in [-0.2, 0) is 0 Å². The molecule has 2 aliphatic rings. The van der Waals surface area contributed by atoms with Crippen LogP contribution in [0.3, 0.4) is 0 Å². The van der Waals surface area contributed by atoms with Crippen molar-refractivity contribution in [2.24, 2.45) is 0 Å². The van der Waals surface area contributed by atoms with Gasteiger partial charge in [0.05, 0.1) is 6.04 Å². The summed E-state index contributed by atoms with van der Waals surface area (Å²) in [5.41, 5.74) is 8.09. The zero-order valence-electron chi connectivity index (χ0n) is 18.2. The van der Waals surface area contributed by atoms with Gasteiger partial charge >= 0.3 is 6.03 Å². The molecule has 0 bridgehead atoms. The number of hydrogen-bond donors (Lipinski definition) is 2. The van der Waals surface area contributed by atoms with Gasteiger partial charge in [-0.05, 0) is 71.9 Å². The number of nitrogens with zero attached hydrogens (tertiary/aromatic N) is 2. The van der Waals surface area contributed by atoms with Crippen molar-refractivity contribution in [3.8, 4) is 0 Å². The van der Waals surface area contributed by atoms with E-state index in [1.807, 2.05) is 28.2 Å². The van der Waals surface area contributed by atoms with Crippen molar-refractivity contribution in [1.29, 1.82) is 0 Å². The highest BCUT2D eigenvalue weighted by molar-refractivity contribution is 5.81. The fourth-order valence-corrected chi connectivity index (χ4v) is 4.21. The lowest BCUT2D eigenvalue weighted by Gasteiger charge is -2.34. The van der Waals surface area contributed by atoms with Crippen LogP contribution in [0.4, 0.5) is 16.2 Å². The van der Waals surface area contributed by atoms with Crippen molar-refractivity contribution < 1.29 is 4.79 Å². The van der Waals surface area contributed by atoms with E-state index in [4.69, 9.17) is 0 Å². The van der Waals surface area contributed by atoms with Gasteiger partial charge in [0.1, 0.15) is 0 Å². The molecule has 1 aliphatic carbocycles. The maximum atomic E-state index is 12.5. The van der Waals surface area contributed by atoms with Crippen LogP contribution in [-0.4, -0.2) is 34.2 Å². The number of urea groups is 1. The van der Waals surface area contributed by atoms with Crippen molar-refractivity contribution in [3.05, 3.63) is 76.5 Å². The standard InChI is InChI=1S/C25H30N4O/c1-28(2)20-12-8-17(9-13-20)16-19-6-5-7-22-23(26-25(30)27-24(19)22)18-10-14-21(15-11-18)29(3)4/h8-16,23H,5-7H2,1-4H3,(H2,26,27,30)/b19-16+. The molecule has 2 aromatic carbocycles. The topological polar surface area (TPSA) is 47.6 Å². The third-order valence-corrected chi connectivity index (χ3v) is 5.89. The first kappa shape index (κ1) is 20.1. The van der Waals surface area contributed by atoms with E-state index >= 15 is 0 Å². The van der Waals surface area contributed by atoms with Crippen LogP contribution in [0, 0.1) is 0 Å². The highest BCUT2D eigenvalue weighted by Gasteiger charge is 2.31. The number of carbonyl (C=O) groups excluding carboxylic acids is 1. The number of nitrogens with one attached hydrogen (secondary N) is 2. The molecule has 30 heavy (non-hydrogen) atoms. The van der Waals surface area contributed by atoms with E-state index in [1.54, 1.807) is 0 Å². The Hall–Kier alpha value is -3.21. The van der Waals surface area contributed by atoms with Gasteiger partial charge in [0.2, 0.25) is 0 Å². The molecule has 0 aromatic heterocycles. The van der Waals surface area contributed by atoms with Crippen molar-refractivity contribution in [1.82, 2.24) is 10.6 Å². The summed E-state index contributed by atoms with van der Waals surface area (Å²) < 4.78 is 0. The second kappa shape index (κ2) is 8.27. The van der Waals surface area contributed by atoms with Gasteiger partial charge in [-0.2, -0.15) is 0 Å². The Morgan fingerprint density at radius 3 is 2.07 bits per heavy atom. The maximum Gasteiger partial charge on any atom is 0.319 e. The Kier molecular flexibility index (Phi) is 5.53. The molecule has 0 fully saturated rings. The van der Waals surface area contributed by atoms with Crippen LogP contribution in [0.25, 0.3) is 6.08 Å². The lowest BCUT2D eigenvalue weighted by Crippen LogP contribution is -2.45. The van der Waals surface area contributed by atoms with Gasteiger partial charge in [-0.1, -0.05) is 24.3 Å². The van der Waals surface area contributed by atoms with Gasteiger partial charge in [0, 0.05) is 45.3 Å². The molecular weight excluding hydrogens is 372 g/mol. The quantitative estimate of drug-likeness (QED) is 0.780. The lowest BCUT2D eigenvalue weighted by atomic mass is 9.83. The zero-order valence-corrected chi connectivity index (χ0v) is 18.2. The predicted molar refractivity (Wildman–Crippen MR) is 125 cm³/mol. The third kappa shape index (κ3) is 4.06. The minimum atomic E-state index is -0.133. The van der Waals surface area contributed by atoms with Gasteiger partial charge in [-0.15, -0.1) is 0 Å². The summed E-state index contributed by atoms with van der Waals surface area (Å²) in [4.78, 5) is 16.7. The average molecular weight is 403 g/mol. The van der Waals surface area contributed by atoms with Crippen molar-refractivity contribution in [2.45, 2.75) is 25.3 Å². The monoisotopic (exact) mass is 402 g/mol. The second-order valence-electron chi connectivity index (χ2n) is 8.43. The number of benzene rings is 2. The molecule has 156 valence electrons. The fraction of sp³-hybridized carbons (Fsp3) is 0.320. The zero-order chi connectivity index (χ0) is 21.3. The molecule has 2 N–H and O–H groups in total. The molecule has 1 heterocycles. The molecule has 1 unspecified atom stereocenters. The Morgan fingerprint density at radius 2 is 1.47 bits per heavy atom. The van der Waals surface area contributed by atoms with Crippen molar-refractivity contribution >= 4 is 23.5 Å². The molecule has 0 saturated carbocycles. The summed E-state index contributed by atoms with van der Waals surface area (Å²) >= 11 is 0. The lowest BCUT2D eigenvalue weighted by molar-refractivity contribution is 0.238. The Labute approximate surface area is 179 Å². The van der Waals surface area contributed by atoms with Gasteiger partial charge in [-0.25, -0.2) is 4.79 Å². The van der Waals surface area contributed by atoms with Crippen LogP contribution in [0.5, 0.6) is 0 Å². The van der Waals surface area contributed by atoms with E-state index in [1.165, 1.54) is 16.8 Å². The summed E-state index contributed by atoms with van der Waals surface area (Å²) in [6.45, 7) is 0. The first-order chi connectivity index (χ1) is 14.4. The minimum absolute atomic E-state index is 0.0789. The van der Waals surface area contributed by atoms with Gasteiger partial charge < -0.3 is 20.4 Å². The Morgan fingerprint density at radius 1 is 0.867 bits per heavy atom. The molecule has 1 aliphatic heterocycles. The summed E-state index contributed by atoms with van der Waals surface area (Å²) in [6.07, 6.45) is 5.26. The van der Waals surface area contributed by atoms with Crippen molar-refractivity contribution in [3.63, 3.8) is 0 Å². The number of carbonyl (C=O) groups is 1. The Balaban J connectivity index is 1.68. The number of allylic oxidation sites excluding steroid dienone is 1. The predicted octanol–water partition coefficient (Wildman–Crippen LogP) is 4.69. The van der Waals surface area contributed by atoms with E-state index in [9.17, 15) is 4.79 Å². The van der Waals surface area contributed by atoms with Crippen LogP contribution in [0.2, 0.25) is 0 Å². The highest BCUT2D eigenvalue weighted by Crippen LogP contribution is 2.39. The fourth-order valence-electron chi connectivity index (χ4n) is 4.21. The Bertz CT molecular complexity index is 985. The van der Waals surface area contributed by atoms with E-state index in [-0.39, 0.29) is 12.1 Å². The van der Waals surface area contributed by atoms with Crippen LogP contribution >= 0.6 is 0 Å². The summed E-state index contributed by atoms with van der Waals surface area (Å²) in [7, 11) is 8.15. The van der Waals surface area contributed by atoms with Gasteiger partial charge in [0.25, 0.3) is 0 Å². The molecule has 5 nitrogen and oxygen atoms in total. The molecule has 2 aromatic rings. The highest BCUT2D eigenvalue weighted by atomic mass is 16.2. The van der Waals surface area contributed by atoms with E-state index in [0.29, 0.717) is 0 Å². The van der Waals surface area contributed by atoms with E-state index in [0.717, 1.165) is 41.8 Å². The molecule has 0 saturated heterocycles. The molecule has 4 rings (SSSR count). The molecular formula is C25H30N4O. The van der Waals surface area contributed by atoms with Crippen LogP contribution in [0.15, 0.2) is 65.4 Å². The smallest absolute Gasteiger partial charge is 0.319 e. The normalized spacial score (nSPS) is 19.8. The first-order valence-electron chi connectivity index (χ1n) is 10.5. The van der Waals surface area contributed by atoms with Crippen LogP contribution < -0.4 is 20.4 Å². The first-order valence-corrected chi connectivity index (χ1v) is 10.5. The molecule has 5 heteroatoms. The van der Waals surface area contributed by atoms with Crippen molar-refractivity contribution in [2.75, 3.05) is 38.0 Å². The molecule has 0 spiro atoms. The number of anilines is 2. The molecule has 1 atom stereocenters.